The summed E-state index contributed by atoms with van der Waals surface area (Å²) in [6.07, 6.45) is 0.203. The van der Waals surface area contributed by atoms with E-state index in [9.17, 15) is 27.9 Å². The summed E-state index contributed by atoms with van der Waals surface area (Å²) in [5.41, 5.74) is -3.65. The van der Waals surface area contributed by atoms with Crippen LogP contribution in [0.2, 0.25) is 0 Å². The number of carbonyl (C=O) groups is 1. The second kappa shape index (κ2) is 8.90. The summed E-state index contributed by atoms with van der Waals surface area (Å²) in [5.74, 6) is -0.701. The van der Waals surface area contributed by atoms with Crippen molar-refractivity contribution in [2.45, 2.75) is 18.0 Å². The van der Waals surface area contributed by atoms with Crippen molar-refractivity contribution < 1.29 is 27.9 Å². The average molecular weight is 493 g/mol. The van der Waals surface area contributed by atoms with Crippen molar-refractivity contribution in [3.8, 4) is 0 Å². The number of benzene rings is 3. The maximum Gasteiger partial charge on any atom is 0.297 e. The van der Waals surface area contributed by atoms with Crippen molar-refractivity contribution in [3.05, 3.63) is 106 Å². The van der Waals surface area contributed by atoms with E-state index in [0.717, 1.165) is 11.6 Å². The molecule has 0 heterocycles. The summed E-state index contributed by atoms with van der Waals surface area (Å²) < 4.78 is 38.7. The van der Waals surface area contributed by atoms with Gasteiger partial charge in [0.05, 0.1) is 5.92 Å². The Hall–Kier alpha value is -2.18. The van der Waals surface area contributed by atoms with E-state index in [2.05, 4.69) is 15.9 Å². The van der Waals surface area contributed by atoms with Crippen molar-refractivity contribution in [2.24, 2.45) is 0 Å². The number of carbonyl (C=O) groups excluding carboxylic acids is 1. The average Bonchev–Trinajstić information content (AvgIpc) is 2.72. The second-order valence-corrected chi connectivity index (χ2v) is 9.16. The molecule has 3 rings (SSSR count). The van der Waals surface area contributed by atoms with Crippen molar-refractivity contribution >= 4 is 29.3 Å². The van der Waals surface area contributed by atoms with Gasteiger partial charge < -0.3 is 14.4 Å². The van der Waals surface area contributed by atoms with Crippen molar-refractivity contribution in [1.82, 2.24) is 0 Å². The van der Waals surface area contributed by atoms with E-state index in [1.807, 2.05) is 18.2 Å². The maximum absolute atomic E-state index is 14.0. The Morgan fingerprint density at radius 2 is 1.53 bits per heavy atom. The molecule has 1 atom stereocenters. The first kappa shape index (κ1) is 22.5. The molecule has 156 valence electrons. The first-order chi connectivity index (χ1) is 14.1. The lowest BCUT2D eigenvalue weighted by molar-refractivity contribution is -0.335. The lowest BCUT2D eigenvalue weighted by Crippen LogP contribution is -2.30. The van der Waals surface area contributed by atoms with E-state index in [-0.39, 0.29) is 16.7 Å². The lowest BCUT2D eigenvalue weighted by Gasteiger charge is -2.38. The number of hydrogen-bond acceptors (Lipinski definition) is 4. The van der Waals surface area contributed by atoms with Crippen LogP contribution in [0.4, 0.5) is 8.78 Å². The van der Waals surface area contributed by atoms with Crippen molar-refractivity contribution in [3.63, 3.8) is 0 Å². The molecule has 0 aliphatic heterocycles. The van der Waals surface area contributed by atoms with Crippen LogP contribution in [0.15, 0.2) is 83.3 Å². The van der Waals surface area contributed by atoms with E-state index < -0.39 is 24.7 Å². The summed E-state index contributed by atoms with van der Waals surface area (Å²) in [6, 6.07) is 21.3. The second-order valence-electron chi connectivity index (χ2n) is 6.75. The summed E-state index contributed by atoms with van der Waals surface area (Å²) in [7, 11) is -6.18. The zero-order chi connectivity index (χ0) is 21.9. The molecule has 0 radical (unpaired) electrons. The highest BCUT2D eigenvalue weighted by molar-refractivity contribution is 9.10. The van der Waals surface area contributed by atoms with Gasteiger partial charge in [-0.25, -0.2) is 0 Å². The molecule has 0 saturated carbocycles. The summed E-state index contributed by atoms with van der Waals surface area (Å²) in [6.45, 7) is 0. The van der Waals surface area contributed by atoms with Gasteiger partial charge in [-0.15, -0.1) is 0 Å². The fourth-order valence-corrected chi connectivity index (χ4v) is 4.48. The number of halogens is 3. The van der Waals surface area contributed by atoms with Crippen LogP contribution in [0, 0.1) is 0 Å². The van der Waals surface area contributed by atoms with Crippen molar-refractivity contribution in [2.75, 3.05) is 0 Å². The van der Waals surface area contributed by atoms with E-state index in [4.69, 9.17) is 0 Å². The summed E-state index contributed by atoms with van der Waals surface area (Å²) >= 11 is 2.94. The Morgan fingerprint density at radius 1 is 0.967 bits per heavy atom. The standard InChI is InChI=1S/C22H18BrF2O4P/c23-20-14-15(11-12-19(20)22(24,25)30(27,28)29)13-18(16-7-3-1-4-8-16)21(26)17-9-5-2-6-10-17/h1-12,14,18H,13H2,(H2,27,28,29)/p-2. The third-order valence-electron chi connectivity index (χ3n) is 4.72. The molecule has 0 aromatic heterocycles. The van der Waals surface area contributed by atoms with E-state index in [1.54, 1.807) is 42.5 Å². The van der Waals surface area contributed by atoms with Crippen LogP contribution in [0.25, 0.3) is 0 Å². The minimum Gasteiger partial charge on any atom is -0.806 e. The summed E-state index contributed by atoms with van der Waals surface area (Å²) in [4.78, 5) is 35.1. The van der Waals surface area contributed by atoms with Gasteiger partial charge in [0.15, 0.2) is 5.78 Å². The van der Waals surface area contributed by atoms with Gasteiger partial charge in [0.25, 0.3) is 5.66 Å². The fraction of sp³-hybridized carbons (Fsp3) is 0.136. The Balaban J connectivity index is 1.97. The Labute approximate surface area is 180 Å². The highest BCUT2D eigenvalue weighted by Crippen LogP contribution is 2.54. The minimum atomic E-state index is -6.18. The fourth-order valence-electron chi connectivity index (χ4n) is 3.16. The first-order valence-electron chi connectivity index (χ1n) is 8.94. The number of ketones is 1. The molecular formula is C22H16BrF2O4P-2. The zero-order valence-electron chi connectivity index (χ0n) is 15.5. The van der Waals surface area contributed by atoms with Crippen LogP contribution in [0.1, 0.15) is 33.0 Å². The predicted octanol–water partition coefficient (Wildman–Crippen LogP) is 4.62. The third kappa shape index (κ3) is 4.76. The maximum atomic E-state index is 14.0. The van der Waals surface area contributed by atoms with Gasteiger partial charge in [-0.2, -0.15) is 8.78 Å². The molecule has 0 aliphatic rings. The number of alkyl halides is 2. The van der Waals surface area contributed by atoms with Crippen LogP contribution in [0.3, 0.4) is 0 Å². The van der Waals surface area contributed by atoms with Crippen LogP contribution >= 0.6 is 23.5 Å². The first-order valence-corrected chi connectivity index (χ1v) is 11.3. The lowest BCUT2D eigenvalue weighted by atomic mass is 9.85. The van der Waals surface area contributed by atoms with Crippen LogP contribution in [-0.2, 0) is 16.6 Å². The third-order valence-corrected chi connectivity index (χ3v) is 6.30. The van der Waals surface area contributed by atoms with E-state index in [0.29, 0.717) is 11.1 Å². The van der Waals surface area contributed by atoms with Gasteiger partial charge >= 0.3 is 0 Å². The SMILES string of the molecule is O=C(c1ccccc1)C(Cc1ccc(C(F)(F)P(=O)([O-])[O-])c(Br)c1)c1ccccc1. The predicted molar refractivity (Wildman–Crippen MR) is 109 cm³/mol. The van der Waals surface area contributed by atoms with E-state index in [1.165, 1.54) is 12.1 Å². The highest BCUT2D eigenvalue weighted by atomic mass is 79.9. The number of rotatable bonds is 7. The van der Waals surface area contributed by atoms with Gasteiger partial charge in [-0.05, 0) is 23.6 Å². The molecular weight excluding hydrogens is 477 g/mol. The van der Waals surface area contributed by atoms with Gasteiger partial charge in [0.2, 0.25) is 0 Å². The Bertz CT molecular complexity index is 1080. The monoisotopic (exact) mass is 492 g/mol. The molecule has 30 heavy (non-hydrogen) atoms. The smallest absolute Gasteiger partial charge is 0.297 e. The Morgan fingerprint density at radius 3 is 2.07 bits per heavy atom. The van der Waals surface area contributed by atoms with Gasteiger partial charge in [-0.1, -0.05) is 88.7 Å². The number of hydrogen-bond donors (Lipinski definition) is 0. The van der Waals surface area contributed by atoms with Gasteiger partial charge in [0, 0.05) is 23.2 Å². The van der Waals surface area contributed by atoms with Crippen LogP contribution < -0.4 is 9.79 Å². The molecule has 4 nitrogen and oxygen atoms in total. The molecule has 0 bridgehead atoms. The number of Topliss-reactive ketones (excluding diaryl/α,β-unsaturated/α-hetero) is 1. The topological polar surface area (TPSA) is 80.3 Å². The quantitative estimate of drug-likeness (QED) is 0.356. The van der Waals surface area contributed by atoms with Crippen molar-refractivity contribution in [1.29, 1.82) is 0 Å². The largest absolute Gasteiger partial charge is 0.806 e. The van der Waals surface area contributed by atoms with Gasteiger partial charge in [-0.3, -0.25) is 4.79 Å². The summed E-state index contributed by atoms with van der Waals surface area (Å²) in [5, 5.41) is 0. The van der Waals surface area contributed by atoms with Crippen LogP contribution in [-0.4, -0.2) is 5.78 Å². The minimum absolute atomic E-state index is 0.129. The molecule has 3 aromatic rings. The van der Waals surface area contributed by atoms with E-state index >= 15 is 0 Å². The normalized spacial score (nSPS) is 13.1. The molecule has 0 saturated heterocycles. The molecule has 8 heteroatoms. The molecule has 0 amide bonds. The Kier molecular flexibility index (Phi) is 6.68. The molecule has 0 aliphatic carbocycles. The molecule has 0 spiro atoms. The zero-order valence-corrected chi connectivity index (χ0v) is 18.0. The molecule has 3 aromatic carbocycles. The molecule has 0 fully saturated rings. The highest BCUT2D eigenvalue weighted by Gasteiger charge is 2.38. The van der Waals surface area contributed by atoms with Crippen LogP contribution in [0.5, 0.6) is 0 Å². The van der Waals surface area contributed by atoms with Gasteiger partial charge in [0.1, 0.15) is 0 Å². The molecule has 1 unspecified atom stereocenters. The molecule has 0 N–H and O–H groups in total.